The van der Waals surface area contributed by atoms with Crippen molar-refractivity contribution in [2.45, 2.75) is 24.9 Å². The second-order valence-corrected chi connectivity index (χ2v) is 6.88. The van der Waals surface area contributed by atoms with E-state index >= 15 is 0 Å². The van der Waals surface area contributed by atoms with Gasteiger partial charge in [0.25, 0.3) is 0 Å². The zero-order valence-electron chi connectivity index (χ0n) is 14.0. The molecule has 0 aliphatic heterocycles. The number of nitrogens with zero attached hydrogens (tertiary/aromatic N) is 2. The molecule has 0 aliphatic carbocycles. The number of carbonyl (C=O) groups excluding carboxylic acids is 1. The van der Waals surface area contributed by atoms with E-state index in [-0.39, 0.29) is 17.4 Å². The summed E-state index contributed by atoms with van der Waals surface area (Å²) in [6.45, 7) is 4.23. The number of rotatable bonds is 6. The number of benzene rings is 2. The van der Waals surface area contributed by atoms with E-state index in [2.05, 4.69) is 29.0 Å². The summed E-state index contributed by atoms with van der Waals surface area (Å²) in [5, 5.41) is 7.18. The molecule has 1 N–H and O–H groups in total. The number of halogens is 1. The first-order chi connectivity index (χ1) is 12.0. The average Bonchev–Trinajstić information content (AvgIpc) is 3.09. The van der Waals surface area contributed by atoms with E-state index in [9.17, 15) is 9.18 Å². The van der Waals surface area contributed by atoms with Crippen molar-refractivity contribution in [1.29, 1.82) is 0 Å². The van der Waals surface area contributed by atoms with Crippen LogP contribution in [0.15, 0.2) is 53.7 Å². The Bertz CT molecular complexity index is 874. The maximum atomic E-state index is 13.8. The number of hydrogen-bond donors (Lipinski definition) is 1. The quantitative estimate of drug-likeness (QED) is 0.514. The van der Waals surface area contributed by atoms with Crippen LogP contribution in [0, 0.1) is 5.82 Å². The topological polar surface area (TPSA) is 58.6 Å². The van der Waals surface area contributed by atoms with Gasteiger partial charge in [0.05, 0.1) is 11.3 Å². The molecule has 3 aromatic rings. The molecule has 0 saturated heterocycles. The lowest BCUT2D eigenvalue weighted by atomic mass is 10.0. The maximum absolute atomic E-state index is 13.8. The Kier molecular flexibility index (Phi) is 5.28. The van der Waals surface area contributed by atoms with Crippen molar-refractivity contribution >= 4 is 17.5 Å². The Morgan fingerprint density at radius 2 is 1.88 bits per heavy atom. The summed E-state index contributed by atoms with van der Waals surface area (Å²) in [7, 11) is 0. The third-order valence-corrected chi connectivity index (χ3v) is 4.67. The number of hydrogen-bond acceptors (Lipinski definition) is 4. The van der Waals surface area contributed by atoms with Crippen LogP contribution in [-0.2, 0) is 0 Å². The molecule has 0 atom stereocenters. The molecular formula is C19H18FN3OS. The van der Waals surface area contributed by atoms with Crippen molar-refractivity contribution in [2.24, 2.45) is 0 Å². The van der Waals surface area contributed by atoms with Gasteiger partial charge in [-0.25, -0.2) is 9.37 Å². The molecular weight excluding hydrogens is 337 g/mol. The van der Waals surface area contributed by atoms with Gasteiger partial charge >= 0.3 is 0 Å². The lowest BCUT2D eigenvalue weighted by molar-refractivity contribution is 0.102. The van der Waals surface area contributed by atoms with E-state index in [0.717, 1.165) is 0 Å². The van der Waals surface area contributed by atoms with Crippen molar-refractivity contribution in [1.82, 2.24) is 15.2 Å². The monoisotopic (exact) mass is 355 g/mol. The Balaban J connectivity index is 1.64. The van der Waals surface area contributed by atoms with Crippen LogP contribution in [0.1, 0.15) is 35.7 Å². The number of Topliss-reactive ketones (excluding diaryl/α,β-unsaturated/α-hetero) is 1. The van der Waals surface area contributed by atoms with Gasteiger partial charge in [-0.2, -0.15) is 0 Å². The predicted octanol–water partition coefficient (Wildman–Crippen LogP) is 4.71. The highest BCUT2D eigenvalue weighted by molar-refractivity contribution is 7.99. The zero-order chi connectivity index (χ0) is 17.8. The van der Waals surface area contributed by atoms with Crippen LogP contribution >= 0.6 is 11.8 Å². The molecule has 2 aromatic carbocycles. The third kappa shape index (κ3) is 4.14. The normalized spacial score (nSPS) is 11.0. The van der Waals surface area contributed by atoms with E-state index in [1.54, 1.807) is 18.2 Å². The minimum absolute atomic E-state index is 0.0116. The smallest absolute Gasteiger partial charge is 0.209 e. The number of ketones is 1. The molecule has 1 heterocycles. The van der Waals surface area contributed by atoms with E-state index in [4.69, 9.17) is 0 Å². The standard InChI is InChI=1S/C19H18FN3OS/c1-12(2)13-7-9-14(10-8-13)17(24)11-25-19-21-18(22-23-19)15-5-3-4-6-16(15)20/h3-10,12H,11H2,1-2H3,(H,21,22,23). The van der Waals surface area contributed by atoms with Gasteiger partial charge in [-0.15, -0.1) is 5.10 Å². The van der Waals surface area contributed by atoms with Crippen LogP contribution in [0.2, 0.25) is 0 Å². The van der Waals surface area contributed by atoms with Crippen molar-refractivity contribution in [3.05, 3.63) is 65.5 Å². The van der Waals surface area contributed by atoms with Crippen molar-refractivity contribution in [3.8, 4) is 11.4 Å². The summed E-state index contributed by atoms with van der Waals surface area (Å²) in [6.07, 6.45) is 0. The largest absolute Gasteiger partial charge is 0.293 e. The Morgan fingerprint density at radius 1 is 1.16 bits per heavy atom. The van der Waals surface area contributed by atoms with Gasteiger partial charge in [-0.05, 0) is 23.6 Å². The summed E-state index contributed by atoms with van der Waals surface area (Å²) in [5.74, 6) is 0.669. The van der Waals surface area contributed by atoms with Crippen LogP contribution in [0.5, 0.6) is 0 Å². The lowest BCUT2D eigenvalue weighted by Crippen LogP contribution is -2.03. The van der Waals surface area contributed by atoms with E-state index < -0.39 is 0 Å². The molecule has 4 nitrogen and oxygen atoms in total. The van der Waals surface area contributed by atoms with Gasteiger partial charge in [0.2, 0.25) is 5.16 Å². The van der Waals surface area contributed by atoms with Crippen molar-refractivity contribution in [2.75, 3.05) is 5.75 Å². The first kappa shape index (κ1) is 17.4. The van der Waals surface area contributed by atoms with Crippen LogP contribution in [0.3, 0.4) is 0 Å². The zero-order valence-corrected chi connectivity index (χ0v) is 14.8. The number of aromatic amines is 1. The van der Waals surface area contributed by atoms with Crippen molar-refractivity contribution < 1.29 is 9.18 Å². The second-order valence-electron chi connectivity index (χ2n) is 5.93. The van der Waals surface area contributed by atoms with Crippen molar-refractivity contribution in [3.63, 3.8) is 0 Å². The molecule has 0 amide bonds. The summed E-state index contributed by atoms with van der Waals surface area (Å²) >= 11 is 1.23. The van der Waals surface area contributed by atoms with Gasteiger partial charge in [-0.1, -0.05) is 62.0 Å². The first-order valence-electron chi connectivity index (χ1n) is 7.98. The van der Waals surface area contributed by atoms with E-state index in [0.29, 0.717) is 28.0 Å². The average molecular weight is 355 g/mol. The molecule has 0 bridgehead atoms. The molecule has 6 heteroatoms. The summed E-state index contributed by atoms with van der Waals surface area (Å²) in [4.78, 5) is 16.5. The third-order valence-electron chi connectivity index (χ3n) is 3.83. The minimum Gasteiger partial charge on any atom is -0.293 e. The minimum atomic E-state index is -0.364. The molecule has 0 spiro atoms. The Labute approximate surface area is 149 Å². The molecule has 128 valence electrons. The molecule has 3 rings (SSSR count). The van der Waals surface area contributed by atoms with Gasteiger partial charge in [-0.3, -0.25) is 9.89 Å². The Morgan fingerprint density at radius 3 is 2.56 bits per heavy atom. The molecule has 0 saturated carbocycles. The fourth-order valence-electron chi connectivity index (χ4n) is 2.35. The number of thioether (sulfide) groups is 1. The molecule has 0 aliphatic rings. The molecule has 0 fully saturated rings. The van der Waals surface area contributed by atoms with E-state index in [1.807, 2.05) is 24.3 Å². The summed E-state index contributed by atoms with van der Waals surface area (Å²) < 4.78 is 13.8. The number of H-pyrrole nitrogens is 1. The predicted molar refractivity (Wildman–Crippen MR) is 97.4 cm³/mol. The van der Waals surface area contributed by atoms with Gasteiger partial charge in [0, 0.05) is 5.56 Å². The van der Waals surface area contributed by atoms with Crippen LogP contribution in [0.25, 0.3) is 11.4 Å². The first-order valence-corrected chi connectivity index (χ1v) is 8.96. The fraction of sp³-hybridized carbons (Fsp3) is 0.211. The highest BCUT2D eigenvalue weighted by Gasteiger charge is 2.13. The number of nitrogens with one attached hydrogen (secondary N) is 1. The number of aromatic nitrogens is 3. The van der Waals surface area contributed by atoms with Crippen LogP contribution in [-0.4, -0.2) is 26.7 Å². The summed E-state index contributed by atoms with van der Waals surface area (Å²) in [6, 6.07) is 14.0. The van der Waals surface area contributed by atoms with E-state index in [1.165, 1.54) is 23.4 Å². The van der Waals surface area contributed by atoms with Crippen LogP contribution < -0.4 is 0 Å². The SMILES string of the molecule is CC(C)c1ccc(C(=O)CSc2n[nH]c(-c3ccccc3F)n2)cc1. The highest BCUT2D eigenvalue weighted by atomic mass is 32.2. The molecule has 0 unspecified atom stereocenters. The Hall–Kier alpha value is -2.47. The van der Waals surface area contributed by atoms with Gasteiger partial charge in [0.1, 0.15) is 5.82 Å². The highest BCUT2D eigenvalue weighted by Crippen LogP contribution is 2.22. The second kappa shape index (κ2) is 7.61. The summed E-state index contributed by atoms with van der Waals surface area (Å²) in [5.41, 5.74) is 2.23. The van der Waals surface area contributed by atoms with Gasteiger partial charge in [0.15, 0.2) is 11.6 Å². The van der Waals surface area contributed by atoms with Crippen LogP contribution in [0.4, 0.5) is 4.39 Å². The molecule has 1 aromatic heterocycles. The number of carbonyl (C=O) groups is 1. The molecule has 0 radical (unpaired) electrons. The fourth-order valence-corrected chi connectivity index (χ4v) is 3.04. The maximum Gasteiger partial charge on any atom is 0.209 e. The lowest BCUT2D eigenvalue weighted by Gasteiger charge is -2.05. The van der Waals surface area contributed by atoms with Gasteiger partial charge < -0.3 is 0 Å². The molecule has 25 heavy (non-hydrogen) atoms.